The second-order valence-electron chi connectivity index (χ2n) is 3.48. The number of nitrogens with one attached hydrogen (secondary N) is 1. The highest BCUT2D eigenvalue weighted by Gasteiger charge is 2.20. The van der Waals surface area contributed by atoms with E-state index in [0.717, 1.165) is 0 Å². The van der Waals surface area contributed by atoms with E-state index in [9.17, 15) is 14.9 Å². The van der Waals surface area contributed by atoms with Gasteiger partial charge in [-0.15, -0.1) is 0 Å². The van der Waals surface area contributed by atoms with Crippen LogP contribution in [0.1, 0.15) is 17.3 Å². The summed E-state index contributed by atoms with van der Waals surface area (Å²) in [6, 6.07) is 4.17. The van der Waals surface area contributed by atoms with Gasteiger partial charge in [0, 0.05) is 17.1 Å². The molecule has 7 heteroatoms. The minimum Gasteiger partial charge on any atom is -0.392 e. The molecule has 0 spiro atoms. The average molecular weight is 303 g/mol. The number of hydrogen-bond donors (Lipinski definition) is 2. The van der Waals surface area contributed by atoms with Crippen molar-refractivity contribution in [3.05, 3.63) is 38.3 Å². The molecule has 0 saturated heterocycles. The number of nitrogens with zero attached hydrogens (tertiary/aromatic N) is 1. The maximum absolute atomic E-state index is 11.6. The van der Waals surface area contributed by atoms with Crippen LogP contribution in [-0.4, -0.2) is 28.6 Å². The lowest BCUT2D eigenvalue weighted by Crippen LogP contribution is -2.30. The molecular weight excluding hydrogens is 292 g/mol. The Kier molecular flexibility index (Phi) is 4.59. The maximum Gasteiger partial charge on any atom is 0.283 e. The monoisotopic (exact) mass is 302 g/mol. The van der Waals surface area contributed by atoms with Crippen LogP contribution in [0.4, 0.5) is 5.69 Å². The Morgan fingerprint density at radius 2 is 2.29 bits per heavy atom. The third kappa shape index (κ3) is 3.79. The summed E-state index contributed by atoms with van der Waals surface area (Å²) in [4.78, 5) is 21.8. The molecule has 0 radical (unpaired) electrons. The van der Waals surface area contributed by atoms with Gasteiger partial charge in [-0.05, 0) is 19.1 Å². The van der Waals surface area contributed by atoms with Crippen LogP contribution in [0, 0.1) is 10.1 Å². The molecule has 1 amide bonds. The minimum absolute atomic E-state index is 0.0288. The number of hydrogen-bond acceptors (Lipinski definition) is 4. The van der Waals surface area contributed by atoms with Gasteiger partial charge in [0.25, 0.3) is 11.6 Å². The number of aliphatic hydroxyl groups is 1. The summed E-state index contributed by atoms with van der Waals surface area (Å²) in [7, 11) is 0. The van der Waals surface area contributed by atoms with Crippen molar-refractivity contribution in [3.63, 3.8) is 0 Å². The zero-order chi connectivity index (χ0) is 13.0. The highest BCUT2D eigenvalue weighted by molar-refractivity contribution is 9.10. The molecule has 17 heavy (non-hydrogen) atoms. The Balaban J connectivity index is 2.96. The smallest absolute Gasteiger partial charge is 0.283 e. The lowest BCUT2D eigenvalue weighted by atomic mass is 10.1. The number of amides is 1. The second kappa shape index (κ2) is 5.74. The number of rotatable bonds is 4. The standard InChI is InChI=1S/C10H11BrN2O4/c1-6(14)5-12-10(15)8-3-2-7(11)4-9(8)13(16)17/h2-4,6,14H,5H2,1H3,(H,12,15). The van der Waals surface area contributed by atoms with Crippen LogP contribution in [0.3, 0.4) is 0 Å². The van der Waals surface area contributed by atoms with Crippen molar-refractivity contribution < 1.29 is 14.8 Å². The van der Waals surface area contributed by atoms with Gasteiger partial charge in [0.05, 0.1) is 11.0 Å². The van der Waals surface area contributed by atoms with Gasteiger partial charge in [-0.2, -0.15) is 0 Å². The van der Waals surface area contributed by atoms with Crippen molar-refractivity contribution in [2.24, 2.45) is 0 Å². The van der Waals surface area contributed by atoms with Crippen LogP contribution < -0.4 is 5.32 Å². The van der Waals surface area contributed by atoms with Crippen LogP contribution in [0.15, 0.2) is 22.7 Å². The molecule has 1 aromatic rings. The van der Waals surface area contributed by atoms with Gasteiger partial charge in [0.15, 0.2) is 0 Å². The SMILES string of the molecule is CC(O)CNC(=O)c1ccc(Br)cc1[N+](=O)[O-]. The second-order valence-corrected chi connectivity index (χ2v) is 4.39. The molecule has 2 N–H and O–H groups in total. The van der Waals surface area contributed by atoms with Gasteiger partial charge in [-0.3, -0.25) is 14.9 Å². The molecule has 0 aliphatic carbocycles. The fourth-order valence-corrected chi connectivity index (χ4v) is 1.53. The molecule has 1 atom stereocenters. The van der Waals surface area contributed by atoms with E-state index < -0.39 is 16.9 Å². The Morgan fingerprint density at radius 1 is 1.65 bits per heavy atom. The van der Waals surface area contributed by atoms with Crippen molar-refractivity contribution >= 4 is 27.5 Å². The molecule has 0 aliphatic rings. The van der Waals surface area contributed by atoms with Crippen molar-refractivity contribution in [3.8, 4) is 0 Å². The highest BCUT2D eigenvalue weighted by Crippen LogP contribution is 2.23. The fourth-order valence-electron chi connectivity index (χ4n) is 1.18. The Morgan fingerprint density at radius 3 is 2.82 bits per heavy atom. The molecule has 0 bridgehead atoms. The lowest BCUT2D eigenvalue weighted by Gasteiger charge is -2.07. The number of halogens is 1. The van der Waals surface area contributed by atoms with Gasteiger partial charge in [0.1, 0.15) is 5.56 Å². The van der Waals surface area contributed by atoms with Crippen LogP contribution in [0.5, 0.6) is 0 Å². The molecular formula is C10H11BrN2O4. The summed E-state index contributed by atoms with van der Waals surface area (Å²) in [5.41, 5.74) is -0.304. The predicted molar refractivity (Wildman–Crippen MR) is 64.8 cm³/mol. The summed E-state index contributed by atoms with van der Waals surface area (Å²) >= 11 is 3.10. The molecule has 6 nitrogen and oxygen atoms in total. The number of aliphatic hydroxyl groups excluding tert-OH is 1. The van der Waals surface area contributed by atoms with Crippen LogP contribution in [0.2, 0.25) is 0 Å². The van der Waals surface area contributed by atoms with E-state index in [0.29, 0.717) is 4.47 Å². The van der Waals surface area contributed by atoms with Crippen LogP contribution in [-0.2, 0) is 0 Å². The fraction of sp³-hybridized carbons (Fsp3) is 0.300. The molecule has 0 fully saturated rings. The van der Waals surface area contributed by atoms with Crippen molar-refractivity contribution in [2.75, 3.05) is 6.54 Å². The Hall–Kier alpha value is -1.47. The normalized spacial score (nSPS) is 11.9. The number of nitro benzene ring substituents is 1. The summed E-state index contributed by atoms with van der Waals surface area (Å²) in [5, 5.41) is 22.2. The van der Waals surface area contributed by atoms with Gasteiger partial charge in [-0.1, -0.05) is 15.9 Å². The molecule has 1 unspecified atom stereocenters. The summed E-state index contributed by atoms with van der Waals surface area (Å²) in [5.74, 6) is -0.579. The first-order chi connectivity index (χ1) is 7.91. The van der Waals surface area contributed by atoms with Gasteiger partial charge in [-0.25, -0.2) is 0 Å². The predicted octanol–water partition coefficient (Wildman–Crippen LogP) is 1.47. The number of benzene rings is 1. The van der Waals surface area contributed by atoms with Crippen LogP contribution in [0.25, 0.3) is 0 Å². The minimum atomic E-state index is -0.701. The molecule has 0 saturated carbocycles. The third-order valence-electron chi connectivity index (χ3n) is 1.96. The molecule has 92 valence electrons. The Labute approximate surface area is 106 Å². The largest absolute Gasteiger partial charge is 0.392 e. The Bertz CT molecular complexity index is 448. The average Bonchev–Trinajstić information content (AvgIpc) is 2.25. The van der Waals surface area contributed by atoms with Gasteiger partial charge in [0.2, 0.25) is 0 Å². The summed E-state index contributed by atoms with van der Waals surface area (Å²) in [6.07, 6.45) is -0.701. The van der Waals surface area contributed by atoms with Crippen LogP contribution >= 0.6 is 15.9 Å². The van der Waals surface area contributed by atoms with Crippen molar-refractivity contribution in [1.29, 1.82) is 0 Å². The van der Waals surface area contributed by atoms with Crippen molar-refractivity contribution in [2.45, 2.75) is 13.0 Å². The van der Waals surface area contributed by atoms with E-state index >= 15 is 0 Å². The van der Waals surface area contributed by atoms with Gasteiger partial charge >= 0.3 is 0 Å². The number of carbonyl (C=O) groups excluding carboxylic acids is 1. The summed E-state index contributed by atoms with van der Waals surface area (Å²) in [6.45, 7) is 1.56. The molecule has 0 heterocycles. The maximum atomic E-state index is 11.6. The van der Waals surface area contributed by atoms with E-state index in [1.165, 1.54) is 19.1 Å². The summed E-state index contributed by atoms with van der Waals surface area (Å²) < 4.78 is 0.524. The molecule has 0 aliphatic heterocycles. The third-order valence-corrected chi connectivity index (χ3v) is 2.45. The van der Waals surface area contributed by atoms with E-state index in [1.54, 1.807) is 6.07 Å². The molecule has 1 rings (SSSR count). The van der Waals surface area contributed by atoms with E-state index in [1.807, 2.05) is 0 Å². The first-order valence-electron chi connectivity index (χ1n) is 4.82. The lowest BCUT2D eigenvalue weighted by molar-refractivity contribution is -0.385. The quantitative estimate of drug-likeness (QED) is 0.650. The van der Waals surface area contributed by atoms with E-state index in [-0.39, 0.29) is 17.8 Å². The highest BCUT2D eigenvalue weighted by atomic mass is 79.9. The van der Waals surface area contributed by atoms with E-state index in [2.05, 4.69) is 21.2 Å². The van der Waals surface area contributed by atoms with Crippen molar-refractivity contribution in [1.82, 2.24) is 5.32 Å². The number of carbonyl (C=O) groups is 1. The number of nitro groups is 1. The molecule has 0 aromatic heterocycles. The zero-order valence-corrected chi connectivity index (χ0v) is 10.6. The van der Waals surface area contributed by atoms with E-state index in [4.69, 9.17) is 5.11 Å². The first kappa shape index (κ1) is 13.6. The first-order valence-corrected chi connectivity index (χ1v) is 5.61. The topological polar surface area (TPSA) is 92.5 Å². The zero-order valence-electron chi connectivity index (χ0n) is 9.01. The van der Waals surface area contributed by atoms with Gasteiger partial charge < -0.3 is 10.4 Å². The molecule has 1 aromatic carbocycles.